The number of anilines is 1. The summed E-state index contributed by atoms with van der Waals surface area (Å²) < 4.78 is 0. The van der Waals surface area contributed by atoms with Crippen molar-refractivity contribution in [2.45, 2.75) is 33.1 Å². The Morgan fingerprint density at radius 2 is 1.96 bits per heavy atom. The number of amides is 2. The number of para-hydroxylation sites is 1. The van der Waals surface area contributed by atoms with Gasteiger partial charge in [0.05, 0.1) is 11.3 Å². The molecule has 0 bridgehead atoms. The molecule has 1 aliphatic rings. The van der Waals surface area contributed by atoms with Crippen molar-refractivity contribution in [3.8, 4) is 6.07 Å². The average Bonchev–Trinajstić information content (AvgIpc) is 2.55. The molecule has 0 N–H and O–H groups in total. The number of benzene rings is 1. The van der Waals surface area contributed by atoms with Crippen LogP contribution >= 0.6 is 0 Å². The lowest BCUT2D eigenvalue weighted by Crippen LogP contribution is -2.40. The SMILES string of the molecule is CC(=O)N(CCC(=O)N1CCC(C)CC1)c1ccccc1C#N. The van der Waals surface area contributed by atoms with E-state index >= 15 is 0 Å². The van der Waals surface area contributed by atoms with Gasteiger partial charge in [-0.2, -0.15) is 5.26 Å². The first-order chi connectivity index (χ1) is 11.0. The quantitative estimate of drug-likeness (QED) is 0.858. The number of likely N-dealkylation sites (tertiary alicyclic amines) is 1. The minimum Gasteiger partial charge on any atom is -0.343 e. The Morgan fingerprint density at radius 3 is 2.57 bits per heavy atom. The number of rotatable bonds is 4. The van der Waals surface area contributed by atoms with E-state index in [9.17, 15) is 14.9 Å². The summed E-state index contributed by atoms with van der Waals surface area (Å²) in [4.78, 5) is 27.7. The minimum atomic E-state index is -0.159. The normalized spacial score (nSPS) is 15.1. The molecule has 5 heteroatoms. The third-order valence-corrected chi connectivity index (χ3v) is 4.38. The van der Waals surface area contributed by atoms with Crippen LogP contribution in [0.25, 0.3) is 0 Å². The van der Waals surface area contributed by atoms with Gasteiger partial charge in [0.25, 0.3) is 0 Å². The molecule has 1 heterocycles. The van der Waals surface area contributed by atoms with E-state index in [1.165, 1.54) is 11.8 Å². The Bertz CT molecular complexity index is 613. The van der Waals surface area contributed by atoms with Crippen molar-refractivity contribution in [2.24, 2.45) is 5.92 Å². The molecule has 0 spiro atoms. The van der Waals surface area contributed by atoms with Crippen molar-refractivity contribution >= 4 is 17.5 Å². The van der Waals surface area contributed by atoms with Crippen LogP contribution in [0.1, 0.15) is 38.7 Å². The standard InChI is InChI=1S/C18H23N3O2/c1-14-7-10-20(11-8-14)18(23)9-12-21(15(2)22)17-6-4-3-5-16(17)13-19/h3-6,14H,7-12H2,1-2H3. The van der Waals surface area contributed by atoms with Crippen LogP contribution in [-0.2, 0) is 9.59 Å². The highest BCUT2D eigenvalue weighted by atomic mass is 16.2. The predicted molar refractivity (Wildman–Crippen MR) is 88.8 cm³/mol. The summed E-state index contributed by atoms with van der Waals surface area (Å²) in [7, 11) is 0. The zero-order valence-electron chi connectivity index (χ0n) is 13.8. The summed E-state index contributed by atoms with van der Waals surface area (Å²) in [6.07, 6.45) is 2.37. The first-order valence-corrected chi connectivity index (χ1v) is 8.08. The third-order valence-electron chi connectivity index (χ3n) is 4.38. The summed E-state index contributed by atoms with van der Waals surface area (Å²) in [5.74, 6) is 0.598. The molecule has 1 aromatic carbocycles. The van der Waals surface area contributed by atoms with Crippen LogP contribution < -0.4 is 4.90 Å². The molecule has 0 atom stereocenters. The Morgan fingerprint density at radius 1 is 1.30 bits per heavy atom. The van der Waals surface area contributed by atoms with Crippen LogP contribution in [-0.4, -0.2) is 36.3 Å². The van der Waals surface area contributed by atoms with Gasteiger partial charge >= 0.3 is 0 Å². The number of hydrogen-bond donors (Lipinski definition) is 0. The molecule has 0 radical (unpaired) electrons. The molecule has 0 aromatic heterocycles. The van der Waals surface area contributed by atoms with Gasteiger partial charge in [-0.1, -0.05) is 19.1 Å². The van der Waals surface area contributed by atoms with Gasteiger partial charge in [0, 0.05) is 33.0 Å². The zero-order valence-corrected chi connectivity index (χ0v) is 13.8. The average molecular weight is 313 g/mol. The first kappa shape index (κ1) is 17.0. The summed E-state index contributed by atoms with van der Waals surface area (Å²) in [6.45, 7) is 5.57. The van der Waals surface area contributed by atoms with Crippen LogP contribution in [0.3, 0.4) is 0 Å². The third kappa shape index (κ3) is 4.32. The van der Waals surface area contributed by atoms with Gasteiger partial charge < -0.3 is 9.80 Å². The number of hydrogen-bond acceptors (Lipinski definition) is 3. The van der Waals surface area contributed by atoms with Crippen LogP contribution in [0.4, 0.5) is 5.69 Å². The van der Waals surface area contributed by atoms with Crippen LogP contribution in [0, 0.1) is 17.2 Å². The van der Waals surface area contributed by atoms with Crippen molar-refractivity contribution in [1.82, 2.24) is 4.90 Å². The van der Waals surface area contributed by atoms with Gasteiger partial charge in [-0.25, -0.2) is 0 Å². The lowest BCUT2D eigenvalue weighted by atomic mass is 9.99. The highest BCUT2D eigenvalue weighted by Gasteiger charge is 2.22. The van der Waals surface area contributed by atoms with Gasteiger partial charge in [0.2, 0.25) is 11.8 Å². The van der Waals surface area contributed by atoms with Gasteiger partial charge in [0.15, 0.2) is 0 Å². The maximum Gasteiger partial charge on any atom is 0.224 e. The lowest BCUT2D eigenvalue weighted by Gasteiger charge is -2.31. The molecule has 1 aliphatic heterocycles. The minimum absolute atomic E-state index is 0.0811. The molecule has 2 amide bonds. The maximum atomic E-state index is 12.3. The second kappa shape index (κ2) is 7.77. The van der Waals surface area contributed by atoms with Gasteiger partial charge in [-0.15, -0.1) is 0 Å². The Hall–Kier alpha value is -2.35. The highest BCUT2D eigenvalue weighted by molar-refractivity contribution is 5.93. The molecule has 1 saturated heterocycles. The molecule has 23 heavy (non-hydrogen) atoms. The summed E-state index contributed by atoms with van der Waals surface area (Å²) in [5, 5.41) is 9.19. The highest BCUT2D eigenvalue weighted by Crippen LogP contribution is 2.21. The number of nitriles is 1. The Kier molecular flexibility index (Phi) is 5.75. The van der Waals surface area contributed by atoms with Gasteiger partial charge in [0.1, 0.15) is 6.07 Å². The number of carbonyl (C=O) groups excluding carboxylic acids is 2. The van der Waals surface area contributed by atoms with E-state index in [1.54, 1.807) is 24.3 Å². The fourth-order valence-corrected chi connectivity index (χ4v) is 2.87. The van der Waals surface area contributed by atoms with Gasteiger partial charge in [-0.3, -0.25) is 9.59 Å². The summed E-state index contributed by atoms with van der Waals surface area (Å²) in [6, 6.07) is 9.08. The molecule has 1 fully saturated rings. The van der Waals surface area contributed by atoms with E-state index in [0.29, 0.717) is 23.7 Å². The van der Waals surface area contributed by atoms with Crippen molar-refractivity contribution < 1.29 is 9.59 Å². The van der Waals surface area contributed by atoms with Crippen molar-refractivity contribution in [1.29, 1.82) is 5.26 Å². The van der Waals surface area contributed by atoms with Crippen molar-refractivity contribution in [3.63, 3.8) is 0 Å². The molecule has 2 rings (SSSR count). The van der Waals surface area contributed by atoms with Crippen molar-refractivity contribution in [3.05, 3.63) is 29.8 Å². The lowest BCUT2D eigenvalue weighted by molar-refractivity contribution is -0.132. The maximum absolute atomic E-state index is 12.3. The van der Waals surface area contributed by atoms with Gasteiger partial charge in [-0.05, 0) is 30.9 Å². The largest absolute Gasteiger partial charge is 0.343 e. The molecular weight excluding hydrogens is 290 g/mol. The predicted octanol–water partition coefficient (Wildman–Crippen LogP) is 2.56. The number of carbonyl (C=O) groups is 2. The molecule has 5 nitrogen and oxygen atoms in total. The molecular formula is C18H23N3O2. The first-order valence-electron chi connectivity index (χ1n) is 8.08. The van der Waals surface area contributed by atoms with Crippen molar-refractivity contribution in [2.75, 3.05) is 24.5 Å². The van der Waals surface area contributed by atoms with Crippen LogP contribution in [0.5, 0.6) is 0 Å². The summed E-state index contributed by atoms with van der Waals surface area (Å²) in [5.41, 5.74) is 1.02. The zero-order chi connectivity index (χ0) is 16.8. The topological polar surface area (TPSA) is 64.4 Å². The second-order valence-electron chi connectivity index (χ2n) is 6.11. The Labute approximate surface area is 137 Å². The monoisotopic (exact) mass is 313 g/mol. The molecule has 0 aliphatic carbocycles. The smallest absolute Gasteiger partial charge is 0.224 e. The van der Waals surface area contributed by atoms with E-state index in [-0.39, 0.29) is 18.2 Å². The van der Waals surface area contributed by atoms with E-state index in [0.717, 1.165) is 25.9 Å². The second-order valence-corrected chi connectivity index (χ2v) is 6.11. The fourth-order valence-electron chi connectivity index (χ4n) is 2.87. The van der Waals surface area contributed by atoms with E-state index in [2.05, 4.69) is 13.0 Å². The van der Waals surface area contributed by atoms with E-state index in [1.807, 2.05) is 4.90 Å². The molecule has 0 unspecified atom stereocenters. The molecule has 122 valence electrons. The Balaban J connectivity index is 2.02. The fraction of sp³-hybridized carbons (Fsp3) is 0.500. The number of nitrogens with zero attached hydrogens (tertiary/aromatic N) is 3. The van der Waals surface area contributed by atoms with E-state index < -0.39 is 0 Å². The van der Waals surface area contributed by atoms with Crippen LogP contribution in [0.15, 0.2) is 24.3 Å². The van der Waals surface area contributed by atoms with E-state index in [4.69, 9.17) is 0 Å². The summed E-state index contributed by atoms with van der Waals surface area (Å²) >= 11 is 0. The van der Waals surface area contributed by atoms with Crippen LogP contribution in [0.2, 0.25) is 0 Å². The number of piperidine rings is 1. The molecule has 0 saturated carbocycles. The molecule has 1 aromatic rings.